The predicted molar refractivity (Wildman–Crippen MR) is 82.4 cm³/mol. The third-order valence-electron chi connectivity index (χ3n) is 3.05. The molecule has 0 radical (unpaired) electrons. The average Bonchev–Trinajstić information content (AvgIpc) is 2.98. The largest absolute Gasteiger partial charge is 0.467 e. The molecule has 2 rings (SSSR count). The number of amides is 2. The van der Waals surface area contributed by atoms with Crippen LogP contribution in [0.5, 0.6) is 0 Å². The zero-order valence-electron chi connectivity index (χ0n) is 12.5. The number of carbonyl (C=O) groups is 1. The minimum Gasteiger partial charge on any atom is -0.467 e. The van der Waals surface area contributed by atoms with Crippen molar-refractivity contribution in [3.05, 3.63) is 42.5 Å². The predicted octanol–water partition coefficient (Wildman–Crippen LogP) is 2.79. The summed E-state index contributed by atoms with van der Waals surface area (Å²) in [5, 5.41) is 2.84. The fraction of sp³-hybridized carbons (Fsp3) is 0.333. The summed E-state index contributed by atoms with van der Waals surface area (Å²) >= 11 is 0. The zero-order chi connectivity index (χ0) is 15.2. The molecule has 0 aliphatic carbocycles. The number of anilines is 2. The van der Waals surface area contributed by atoms with Crippen molar-refractivity contribution in [2.75, 3.05) is 30.9 Å². The van der Waals surface area contributed by atoms with Crippen molar-refractivity contribution in [2.45, 2.75) is 13.5 Å². The van der Waals surface area contributed by atoms with Crippen LogP contribution in [0, 0.1) is 0 Å². The molecule has 2 aromatic heterocycles. The van der Waals surface area contributed by atoms with Crippen LogP contribution in [0.15, 0.2) is 41.1 Å². The van der Waals surface area contributed by atoms with E-state index in [2.05, 4.69) is 10.3 Å². The Morgan fingerprint density at radius 3 is 2.67 bits per heavy atom. The van der Waals surface area contributed by atoms with Gasteiger partial charge < -0.3 is 19.5 Å². The molecule has 0 aliphatic heterocycles. The summed E-state index contributed by atoms with van der Waals surface area (Å²) in [7, 11) is 3.84. The monoisotopic (exact) mass is 288 g/mol. The van der Waals surface area contributed by atoms with Gasteiger partial charge in [0, 0.05) is 20.6 Å². The number of aromatic nitrogens is 1. The second-order valence-electron chi connectivity index (χ2n) is 4.82. The summed E-state index contributed by atoms with van der Waals surface area (Å²) in [6.45, 7) is 2.96. The average molecular weight is 288 g/mol. The highest BCUT2D eigenvalue weighted by Crippen LogP contribution is 2.13. The molecule has 21 heavy (non-hydrogen) atoms. The zero-order valence-corrected chi connectivity index (χ0v) is 12.5. The Hall–Kier alpha value is -2.50. The smallest absolute Gasteiger partial charge is 0.322 e. The minimum atomic E-state index is -0.173. The van der Waals surface area contributed by atoms with E-state index in [1.807, 2.05) is 50.2 Å². The van der Waals surface area contributed by atoms with E-state index in [0.717, 1.165) is 11.6 Å². The molecule has 0 aromatic carbocycles. The molecule has 0 saturated carbocycles. The second kappa shape index (κ2) is 6.78. The Bertz CT molecular complexity index is 564. The number of pyridine rings is 1. The Kier molecular flexibility index (Phi) is 4.81. The van der Waals surface area contributed by atoms with Gasteiger partial charge in [0.15, 0.2) is 0 Å². The van der Waals surface area contributed by atoms with Crippen molar-refractivity contribution < 1.29 is 9.21 Å². The highest BCUT2D eigenvalue weighted by molar-refractivity contribution is 5.89. The lowest BCUT2D eigenvalue weighted by Crippen LogP contribution is -2.34. The number of urea groups is 1. The highest BCUT2D eigenvalue weighted by Gasteiger charge is 2.13. The van der Waals surface area contributed by atoms with Crippen LogP contribution in [0.25, 0.3) is 0 Å². The Morgan fingerprint density at radius 1 is 1.33 bits per heavy atom. The van der Waals surface area contributed by atoms with E-state index < -0.39 is 0 Å². The van der Waals surface area contributed by atoms with Crippen LogP contribution in [-0.4, -0.2) is 36.6 Å². The molecule has 2 heterocycles. The van der Waals surface area contributed by atoms with Crippen LogP contribution in [0.2, 0.25) is 0 Å². The molecule has 6 heteroatoms. The first-order valence-corrected chi connectivity index (χ1v) is 6.82. The molecule has 0 spiro atoms. The van der Waals surface area contributed by atoms with E-state index in [1.165, 1.54) is 0 Å². The van der Waals surface area contributed by atoms with Gasteiger partial charge >= 0.3 is 6.03 Å². The van der Waals surface area contributed by atoms with E-state index in [4.69, 9.17) is 4.42 Å². The standard InChI is InChI=1S/C15H20N4O2/c1-4-19(11-13-6-5-9-21-13)15(20)17-12-7-8-14(16-10-12)18(2)3/h5-10H,4,11H2,1-3H3,(H,17,20). The van der Waals surface area contributed by atoms with Gasteiger partial charge in [0.1, 0.15) is 11.6 Å². The van der Waals surface area contributed by atoms with E-state index in [1.54, 1.807) is 17.4 Å². The van der Waals surface area contributed by atoms with Crippen molar-refractivity contribution in [2.24, 2.45) is 0 Å². The van der Waals surface area contributed by atoms with Gasteiger partial charge in [-0.25, -0.2) is 9.78 Å². The van der Waals surface area contributed by atoms with Gasteiger partial charge in [0.2, 0.25) is 0 Å². The van der Waals surface area contributed by atoms with Crippen molar-refractivity contribution in [3.63, 3.8) is 0 Å². The molecular weight excluding hydrogens is 268 g/mol. The maximum absolute atomic E-state index is 12.2. The van der Waals surface area contributed by atoms with Gasteiger partial charge in [-0.2, -0.15) is 0 Å². The van der Waals surface area contributed by atoms with E-state index >= 15 is 0 Å². The Balaban J connectivity index is 1.98. The van der Waals surface area contributed by atoms with Crippen molar-refractivity contribution in [1.29, 1.82) is 0 Å². The van der Waals surface area contributed by atoms with Crippen LogP contribution < -0.4 is 10.2 Å². The first kappa shape index (κ1) is 14.9. The van der Waals surface area contributed by atoms with Crippen molar-refractivity contribution >= 4 is 17.5 Å². The molecule has 0 bridgehead atoms. The molecule has 0 aliphatic rings. The van der Waals surface area contributed by atoms with Crippen molar-refractivity contribution in [3.8, 4) is 0 Å². The van der Waals surface area contributed by atoms with E-state index in [-0.39, 0.29) is 6.03 Å². The lowest BCUT2D eigenvalue weighted by molar-refractivity contribution is 0.207. The maximum Gasteiger partial charge on any atom is 0.322 e. The Morgan fingerprint density at radius 2 is 2.14 bits per heavy atom. The molecule has 0 atom stereocenters. The topological polar surface area (TPSA) is 61.6 Å². The third kappa shape index (κ3) is 3.98. The summed E-state index contributed by atoms with van der Waals surface area (Å²) < 4.78 is 5.27. The molecule has 112 valence electrons. The van der Waals surface area contributed by atoms with E-state index in [0.29, 0.717) is 18.8 Å². The maximum atomic E-state index is 12.2. The van der Waals surface area contributed by atoms with Gasteiger partial charge in [-0.05, 0) is 31.2 Å². The number of nitrogens with one attached hydrogen (secondary N) is 1. The molecule has 2 aromatic rings. The first-order valence-electron chi connectivity index (χ1n) is 6.82. The SMILES string of the molecule is CCN(Cc1ccco1)C(=O)Nc1ccc(N(C)C)nc1. The molecule has 0 fully saturated rings. The lowest BCUT2D eigenvalue weighted by atomic mass is 10.3. The highest BCUT2D eigenvalue weighted by atomic mass is 16.3. The fourth-order valence-electron chi connectivity index (χ4n) is 1.84. The quantitative estimate of drug-likeness (QED) is 0.919. The summed E-state index contributed by atoms with van der Waals surface area (Å²) in [4.78, 5) is 20.1. The number of carbonyl (C=O) groups excluding carboxylic acids is 1. The third-order valence-corrected chi connectivity index (χ3v) is 3.05. The van der Waals surface area contributed by atoms with Gasteiger partial charge in [-0.1, -0.05) is 0 Å². The van der Waals surface area contributed by atoms with Gasteiger partial charge in [-0.3, -0.25) is 0 Å². The van der Waals surface area contributed by atoms with Crippen LogP contribution in [0.3, 0.4) is 0 Å². The number of hydrogen-bond acceptors (Lipinski definition) is 4. The molecule has 1 N–H and O–H groups in total. The second-order valence-corrected chi connectivity index (χ2v) is 4.82. The number of nitrogens with zero attached hydrogens (tertiary/aromatic N) is 3. The minimum absolute atomic E-state index is 0.173. The molecule has 6 nitrogen and oxygen atoms in total. The van der Waals surface area contributed by atoms with Gasteiger partial charge in [0.05, 0.1) is 24.7 Å². The molecule has 0 unspecified atom stereocenters. The van der Waals surface area contributed by atoms with Crippen molar-refractivity contribution in [1.82, 2.24) is 9.88 Å². The number of rotatable bonds is 5. The first-order chi connectivity index (χ1) is 10.1. The molecule has 0 saturated heterocycles. The summed E-state index contributed by atoms with van der Waals surface area (Å²) in [5.74, 6) is 1.60. The summed E-state index contributed by atoms with van der Waals surface area (Å²) in [6.07, 6.45) is 3.25. The Labute approximate surface area is 124 Å². The number of hydrogen-bond donors (Lipinski definition) is 1. The van der Waals surface area contributed by atoms with Gasteiger partial charge in [0.25, 0.3) is 0 Å². The molecule has 2 amide bonds. The number of furan rings is 1. The van der Waals surface area contributed by atoms with E-state index in [9.17, 15) is 4.79 Å². The molecular formula is C15H20N4O2. The van der Waals surface area contributed by atoms with Crippen LogP contribution in [-0.2, 0) is 6.54 Å². The summed E-state index contributed by atoms with van der Waals surface area (Å²) in [5.41, 5.74) is 0.670. The summed E-state index contributed by atoms with van der Waals surface area (Å²) in [6, 6.07) is 7.18. The fourth-order valence-corrected chi connectivity index (χ4v) is 1.84. The van der Waals surface area contributed by atoms with Crippen LogP contribution in [0.4, 0.5) is 16.3 Å². The van der Waals surface area contributed by atoms with Crippen LogP contribution >= 0.6 is 0 Å². The van der Waals surface area contributed by atoms with Crippen LogP contribution in [0.1, 0.15) is 12.7 Å². The normalized spacial score (nSPS) is 10.2. The van der Waals surface area contributed by atoms with Gasteiger partial charge in [-0.15, -0.1) is 0 Å². The lowest BCUT2D eigenvalue weighted by Gasteiger charge is -2.20.